The molecule has 1 unspecified atom stereocenters. The van der Waals surface area contributed by atoms with Gasteiger partial charge in [0.15, 0.2) is 6.04 Å². The Hall–Kier alpha value is -1.50. The fourth-order valence-corrected chi connectivity index (χ4v) is 1.89. The Balaban J connectivity index is 2.64. The monoisotopic (exact) mass is 271 g/mol. The van der Waals surface area contributed by atoms with E-state index >= 15 is 0 Å². The lowest BCUT2D eigenvalue weighted by atomic mass is 10.1. The molecular weight excluding hydrogens is 254 g/mol. The third-order valence-corrected chi connectivity index (χ3v) is 3.25. The summed E-state index contributed by atoms with van der Waals surface area (Å²) in [5.74, 6) is -1.13. The molecule has 0 aliphatic carbocycles. The highest BCUT2D eigenvalue weighted by atomic mass is 32.2. The van der Waals surface area contributed by atoms with Crippen molar-refractivity contribution in [1.82, 2.24) is 15.1 Å². The van der Waals surface area contributed by atoms with Crippen LogP contribution in [0.2, 0.25) is 0 Å². The number of rotatable bonds is 6. The van der Waals surface area contributed by atoms with Crippen molar-refractivity contribution in [2.75, 3.05) is 5.75 Å². The van der Waals surface area contributed by atoms with Crippen molar-refractivity contribution in [3.63, 3.8) is 0 Å². The molecule has 7 heteroatoms. The lowest BCUT2D eigenvalue weighted by molar-refractivity contribution is -0.141. The van der Waals surface area contributed by atoms with Crippen LogP contribution in [0.15, 0.2) is 12.4 Å². The van der Waals surface area contributed by atoms with Gasteiger partial charge in [0.2, 0.25) is 5.91 Å². The Morgan fingerprint density at radius 2 is 2.22 bits per heavy atom. The third kappa shape index (κ3) is 4.40. The van der Waals surface area contributed by atoms with E-state index in [1.165, 1.54) is 22.6 Å². The third-order valence-electron chi connectivity index (χ3n) is 2.16. The van der Waals surface area contributed by atoms with Gasteiger partial charge in [0.25, 0.3) is 0 Å². The lowest BCUT2D eigenvalue weighted by Gasteiger charge is -2.13. The van der Waals surface area contributed by atoms with Crippen LogP contribution in [0.4, 0.5) is 0 Å². The van der Waals surface area contributed by atoms with Crippen LogP contribution < -0.4 is 5.32 Å². The number of carboxylic acid groups (broad SMARTS) is 1. The van der Waals surface area contributed by atoms with Crippen LogP contribution in [0.3, 0.4) is 0 Å². The largest absolute Gasteiger partial charge is 0.479 e. The predicted molar refractivity (Wildman–Crippen MR) is 69.3 cm³/mol. The average Bonchev–Trinajstić information content (AvgIpc) is 2.69. The number of carbonyl (C=O) groups is 2. The zero-order valence-electron chi connectivity index (χ0n) is 10.6. The molecule has 2 N–H and O–H groups in total. The summed E-state index contributed by atoms with van der Waals surface area (Å²) >= 11 is 1.47. The van der Waals surface area contributed by atoms with Crippen LogP contribution in [0.25, 0.3) is 0 Å². The molecule has 0 fully saturated rings. The first kappa shape index (κ1) is 14.6. The van der Waals surface area contributed by atoms with Gasteiger partial charge in [-0.25, -0.2) is 4.79 Å². The predicted octanol–water partition coefficient (Wildman–Crippen LogP) is 0.804. The highest BCUT2D eigenvalue weighted by Gasteiger charge is 2.23. The Bertz CT molecular complexity index is 431. The maximum Gasteiger partial charge on any atom is 0.331 e. The molecule has 1 heterocycles. The van der Waals surface area contributed by atoms with Gasteiger partial charge in [-0.3, -0.25) is 9.48 Å². The fraction of sp³-hybridized carbons (Fsp3) is 0.545. The minimum absolute atomic E-state index is 0.252. The van der Waals surface area contributed by atoms with Crippen LogP contribution in [0.1, 0.15) is 25.5 Å². The van der Waals surface area contributed by atoms with E-state index in [-0.39, 0.29) is 11.7 Å². The lowest BCUT2D eigenvalue weighted by Crippen LogP contribution is -2.34. The van der Waals surface area contributed by atoms with Crippen molar-refractivity contribution in [1.29, 1.82) is 0 Å². The van der Waals surface area contributed by atoms with Crippen molar-refractivity contribution < 1.29 is 14.7 Å². The van der Waals surface area contributed by atoms with E-state index < -0.39 is 12.0 Å². The molecule has 0 radical (unpaired) electrons. The molecule has 0 spiro atoms. The molecule has 0 aromatic carbocycles. The molecule has 0 saturated carbocycles. The van der Waals surface area contributed by atoms with Gasteiger partial charge >= 0.3 is 5.97 Å². The highest BCUT2D eigenvalue weighted by Crippen LogP contribution is 2.13. The molecule has 0 aliphatic rings. The number of hydrogen-bond donors (Lipinski definition) is 2. The van der Waals surface area contributed by atoms with Gasteiger partial charge < -0.3 is 10.4 Å². The molecule has 100 valence electrons. The van der Waals surface area contributed by atoms with Gasteiger partial charge in [0, 0.05) is 18.8 Å². The molecule has 1 atom stereocenters. The molecule has 1 rings (SSSR count). The van der Waals surface area contributed by atoms with Gasteiger partial charge in [0.1, 0.15) is 0 Å². The number of hydrogen-bond acceptors (Lipinski definition) is 4. The van der Waals surface area contributed by atoms with E-state index in [4.69, 9.17) is 5.11 Å². The minimum Gasteiger partial charge on any atom is -0.479 e. The Labute approximate surface area is 110 Å². The van der Waals surface area contributed by atoms with Gasteiger partial charge in [-0.05, 0) is 5.25 Å². The quantitative estimate of drug-likeness (QED) is 0.799. The summed E-state index contributed by atoms with van der Waals surface area (Å²) in [5.41, 5.74) is 0.466. The SMILES string of the molecule is CC(C)SCC(=O)NC(C(=O)O)c1cnn(C)c1. The Morgan fingerprint density at radius 3 is 2.67 bits per heavy atom. The van der Waals surface area contributed by atoms with Crippen molar-refractivity contribution in [3.8, 4) is 0 Å². The standard InChI is InChI=1S/C11H17N3O3S/c1-7(2)18-6-9(15)13-10(11(16)17)8-4-12-14(3)5-8/h4-5,7,10H,6H2,1-3H3,(H,13,15)(H,16,17). The summed E-state index contributed by atoms with van der Waals surface area (Å²) in [6.07, 6.45) is 3.02. The molecule has 1 aromatic rings. The number of aryl methyl sites for hydroxylation is 1. The van der Waals surface area contributed by atoms with Crippen LogP contribution in [-0.4, -0.2) is 37.8 Å². The second-order valence-electron chi connectivity index (χ2n) is 4.15. The van der Waals surface area contributed by atoms with Crippen molar-refractivity contribution in [3.05, 3.63) is 18.0 Å². The number of carbonyl (C=O) groups excluding carboxylic acids is 1. The second kappa shape index (κ2) is 6.44. The number of amides is 1. The van der Waals surface area contributed by atoms with Crippen LogP contribution >= 0.6 is 11.8 Å². The van der Waals surface area contributed by atoms with Gasteiger partial charge in [-0.15, -0.1) is 11.8 Å². The van der Waals surface area contributed by atoms with Crippen molar-refractivity contribution in [2.24, 2.45) is 7.05 Å². The number of nitrogens with zero attached hydrogens (tertiary/aromatic N) is 2. The van der Waals surface area contributed by atoms with Gasteiger partial charge in [0.05, 0.1) is 11.9 Å². The molecule has 0 saturated heterocycles. The summed E-state index contributed by atoms with van der Waals surface area (Å²) in [6.45, 7) is 3.96. The van der Waals surface area contributed by atoms with E-state index in [1.54, 1.807) is 13.2 Å². The normalized spacial score (nSPS) is 12.4. The number of thioether (sulfide) groups is 1. The fourth-order valence-electron chi connectivity index (χ4n) is 1.32. The summed E-state index contributed by atoms with van der Waals surface area (Å²) in [7, 11) is 1.69. The molecule has 1 amide bonds. The van der Waals surface area contributed by atoms with Crippen molar-refractivity contribution in [2.45, 2.75) is 25.1 Å². The molecule has 0 aliphatic heterocycles. The molecule has 6 nitrogen and oxygen atoms in total. The van der Waals surface area contributed by atoms with Crippen LogP contribution in [0.5, 0.6) is 0 Å². The van der Waals surface area contributed by atoms with Crippen molar-refractivity contribution >= 4 is 23.6 Å². The van der Waals surface area contributed by atoms with Crippen LogP contribution in [0, 0.1) is 0 Å². The molecule has 0 bridgehead atoms. The number of carboxylic acids is 1. The Kier molecular flexibility index (Phi) is 5.21. The maximum absolute atomic E-state index is 11.6. The zero-order valence-corrected chi connectivity index (χ0v) is 11.4. The summed E-state index contributed by atoms with van der Waals surface area (Å²) < 4.78 is 1.50. The minimum atomic E-state index is -1.09. The van der Waals surface area contributed by atoms with E-state index in [9.17, 15) is 9.59 Å². The topological polar surface area (TPSA) is 84.2 Å². The van der Waals surface area contributed by atoms with E-state index in [2.05, 4.69) is 10.4 Å². The molecule has 1 aromatic heterocycles. The summed E-state index contributed by atoms with van der Waals surface area (Å²) in [4.78, 5) is 22.7. The Morgan fingerprint density at radius 1 is 1.56 bits per heavy atom. The first-order chi connectivity index (χ1) is 8.40. The summed E-state index contributed by atoms with van der Waals surface area (Å²) in [6, 6.07) is -1.04. The van der Waals surface area contributed by atoms with Gasteiger partial charge in [-0.1, -0.05) is 13.8 Å². The molecular formula is C11H17N3O3S. The summed E-state index contributed by atoms with van der Waals surface area (Å²) in [5, 5.41) is 15.8. The van der Waals surface area contributed by atoms with Crippen LogP contribution in [-0.2, 0) is 16.6 Å². The van der Waals surface area contributed by atoms with E-state index in [1.807, 2.05) is 13.8 Å². The first-order valence-electron chi connectivity index (χ1n) is 5.52. The second-order valence-corrected chi connectivity index (χ2v) is 5.71. The number of nitrogens with one attached hydrogen (secondary N) is 1. The number of aromatic nitrogens is 2. The first-order valence-corrected chi connectivity index (χ1v) is 6.57. The zero-order chi connectivity index (χ0) is 13.7. The van der Waals surface area contributed by atoms with Gasteiger partial charge in [-0.2, -0.15) is 5.10 Å². The maximum atomic E-state index is 11.6. The molecule has 18 heavy (non-hydrogen) atoms. The van der Waals surface area contributed by atoms with E-state index in [0.717, 1.165) is 0 Å². The average molecular weight is 271 g/mol. The highest BCUT2D eigenvalue weighted by molar-refractivity contribution is 8.00. The number of aliphatic carboxylic acids is 1. The van der Waals surface area contributed by atoms with E-state index in [0.29, 0.717) is 10.8 Å². The smallest absolute Gasteiger partial charge is 0.331 e.